The van der Waals surface area contributed by atoms with Crippen molar-refractivity contribution < 1.29 is 9.13 Å². The molecule has 2 rings (SSSR count). The number of methoxy groups -OCH3 is 1. The molecule has 0 amide bonds. The number of hydrogen-bond donors (Lipinski definition) is 2. The molecule has 3 N–H and O–H groups in total. The van der Waals surface area contributed by atoms with Crippen molar-refractivity contribution in [2.75, 3.05) is 7.11 Å². The summed E-state index contributed by atoms with van der Waals surface area (Å²) in [6, 6.07) is 12.3. The second-order valence-corrected chi connectivity index (χ2v) is 5.28. The first-order chi connectivity index (χ1) is 10.1. The lowest BCUT2D eigenvalue weighted by Crippen LogP contribution is -2.30. The number of benzene rings is 2. The molecule has 0 aliphatic carbocycles. The first kappa shape index (κ1) is 15.5. The van der Waals surface area contributed by atoms with Gasteiger partial charge in [-0.05, 0) is 29.2 Å². The fraction of sp³-hybridized carbons (Fsp3) is 0.294. The lowest BCUT2D eigenvalue weighted by Gasteiger charge is -2.20. The molecule has 0 saturated heterocycles. The van der Waals surface area contributed by atoms with E-state index in [-0.39, 0.29) is 5.82 Å². The van der Waals surface area contributed by atoms with Crippen molar-refractivity contribution in [2.24, 2.45) is 5.84 Å². The Bertz CT molecular complexity index is 596. The molecular formula is C17H21FN2O. The van der Waals surface area contributed by atoms with E-state index >= 15 is 0 Å². The molecule has 2 aromatic rings. The standard InChI is InChI=1S/C17H21FN2O/c1-11(2)12-7-9-13(10-8-12)17(20-19)16-14(18)5-4-6-15(16)21-3/h4-11,17,20H,19H2,1-3H3. The van der Waals surface area contributed by atoms with Gasteiger partial charge >= 0.3 is 0 Å². The van der Waals surface area contributed by atoms with Gasteiger partial charge in [0, 0.05) is 0 Å². The van der Waals surface area contributed by atoms with Gasteiger partial charge in [0.05, 0.1) is 18.7 Å². The summed E-state index contributed by atoms with van der Waals surface area (Å²) >= 11 is 0. The molecule has 0 radical (unpaired) electrons. The largest absolute Gasteiger partial charge is 0.496 e. The minimum Gasteiger partial charge on any atom is -0.496 e. The van der Waals surface area contributed by atoms with Gasteiger partial charge in [-0.3, -0.25) is 5.84 Å². The van der Waals surface area contributed by atoms with E-state index < -0.39 is 6.04 Å². The maximum absolute atomic E-state index is 14.2. The average molecular weight is 288 g/mol. The van der Waals surface area contributed by atoms with Crippen LogP contribution in [0.1, 0.15) is 42.5 Å². The molecule has 0 fully saturated rings. The van der Waals surface area contributed by atoms with E-state index in [9.17, 15) is 4.39 Å². The fourth-order valence-electron chi connectivity index (χ4n) is 2.39. The van der Waals surface area contributed by atoms with Crippen LogP contribution >= 0.6 is 0 Å². The first-order valence-corrected chi connectivity index (χ1v) is 6.96. The van der Waals surface area contributed by atoms with Crippen LogP contribution in [0.5, 0.6) is 5.75 Å². The van der Waals surface area contributed by atoms with Gasteiger partial charge in [0.1, 0.15) is 11.6 Å². The van der Waals surface area contributed by atoms with E-state index in [0.29, 0.717) is 17.2 Å². The summed E-state index contributed by atoms with van der Waals surface area (Å²) in [6.45, 7) is 4.27. The summed E-state index contributed by atoms with van der Waals surface area (Å²) in [5.74, 6) is 6.24. The molecule has 0 aliphatic rings. The number of halogens is 1. The third kappa shape index (κ3) is 3.23. The number of nitrogens with two attached hydrogens (primary N) is 1. The van der Waals surface area contributed by atoms with Gasteiger partial charge in [0.25, 0.3) is 0 Å². The Morgan fingerprint density at radius 2 is 1.67 bits per heavy atom. The SMILES string of the molecule is COc1cccc(F)c1C(NN)c1ccc(C(C)C)cc1. The molecule has 1 atom stereocenters. The van der Waals surface area contributed by atoms with Crippen LogP contribution in [0, 0.1) is 5.82 Å². The fourth-order valence-corrected chi connectivity index (χ4v) is 2.39. The van der Waals surface area contributed by atoms with E-state index in [1.807, 2.05) is 24.3 Å². The summed E-state index contributed by atoms with van der Waals surface area (Å²) in [5, 5.41) is 0. The lowest BCUT2D eigenvalue weighted by atomic mass is 9.95. The molecule has 112 valence electrons. The van der Waals surface area contributed by atoms with Crippen molar-refractivity contribution in [3.63, 3.8) is 0 Å². The van der Waals surface area contributed by atoms with Crippen LogP contribution in [0.4, 0.5) is 4.39 Å². The number of hydrogen-bond acceptors (Lipinski definition) is 3. The van der Waals surface area contributed by atoms with Crippen molar-refractivity contribution in [3.8, 4) is 5.75 Å². The van der Waals surface area contributed by atoms with Crippen molar-refractivity contribution in [3.05, 3.63) is 65.0 Å². The minimum atomic E-state index is -0.456. The highest BCUT2D eigenvalue weighted by Gasteiger charge is 2.21. The summed E-state index contributed by atoms with van der Waals surface area (Å²) in [7, 11) is 1.52. The molecule has 0 aromatic heterocycles. The predicted octanol–water partition coefficient (Wildman–Crippen LogP) is 3.51. The Morgan fingerprint density at radius 1 is 1.05 bits per heavy atom. The Hall–Kier alpha value is -1.91. The molecular weight excluding hydrogens is 267 g/mol. The Kier molecular flexibility index (Phi) is 4.94. The van der Waals surface area contributed by atoms with Gasteiger partial charge in [-0.25, -0.2) is 9.82 Å². The highest BCUT2D eigenvalue weighted by molar-refractivity contribution is 5.43. The zero-order valence-corrected chi connectivity index (χ0v) is 12.6. The topological polar surface area (TPSA) is 47.3 Å². The molecule has 0 saturated carbocycles. The highest BCUT2D eigenvalue weighted by atomic mass is 19.1. The predicted molar refractivity (Wildman–Crippen MR) is 82.6 cm³/mol. The normalized spacial score (nSPS) is 12.5. The van der Waals surface area contributed by atoms with E-state index in [0.717, 1.165) is 5.56 Å². The van der Waals surface area contributed by atoms with Gasteiger partial charge in [-0.15, -0.1) is 0 Å². The van der Waals surface area contributed by atoms with Crippen molar-refractivity contribution in [1.29, 1.82) is 0 Å². The zero-order chi connectivity index (χ0) is 15.4. The van der Waals surface area contributed by atoms with E-state index in [1.165, 1.54) is 18.7 Å². The monoisotopic (exact) mass is 288 g/mol. The molecule has 0 spiro atoms. The summed E-state index contributed by atoms with van der Waals surface area (Å²) in [5.41, 5.74) is 5.22. The first-order valence-electron chi connectivity index (χ1n) is 6.96. The lowest BCUT2D eigenvalue weighted by molar-refractivity contribution is 0.397. The van der Waals surface area contributed by atoms with Crippen LogP contribution in [0.2, 0.25) is 0 Å². The summed E-state index contributed by atoms with van der Waals surface area (Å²) in [6.07, 6.45) is 0. The smallest absolute Gasteiger partial charge is 0.132 e. The highest BCUT2D eigenvalue weighted by Crippen LogP contribution is 2.32. The molecule has 1 unspecified atom stereocenters. The maximum atomic E-state index is 14.2. The van der Waals surface area contributed by atoms with Crippen molar-refractivity contribution in [1.82, 2.24) is 5.43 Å². The molecule has 4 heteroatoms. The van der Waals surface area contributed by atoms with Gasteiger partial charge in [0.15, 0.2) is 0 Å². The number of ether oxygens (including phenoxy) is 1. The maximum Gasteiger partial charge on any atom is 0.132 e. The Labute approximate surface area is 124 Å². The van der Waals surface area contributed by atoms with Gasteiger partial charge in [0.2, 0.25) is 0 Å². The molecule has 2 aromatic carbocycles. The third-order valence-electron chi connectivity index (χ3n) is 3.62. The van der Waals surface area contributed by atoms with E-state index in [2.05, 4.69) is 19.3 Å². The van der Waals surface area contributed by atoms with Crippen LogP contribution in [0.15, 0.2) is 42.5 Å². The van der Waals surface area contributed by atoms with Crippen LogP contribution in [-0.4, -0.2) is 7.11 Å². The van der Waals surface area contributed by atoms with Gasteiger partial charge < -0.3 is 4.74 Å². The summed E-state index contributed by atoms with van der Waals surface area (Å²) in [4.78, 5) is 0. The van der Waals surface area contributed by atoms with Crippen LogP contribution in [-0.2, 0) is 0 Å². The zero-order valence-electron chi connectivity index (χ0n) is 12.6. The van der Waals surface area contributed by atoms with Crippen LogP contribution in [0.25, 0.3) is 0 Å². The molecule has 3 nitrogen and oxygen atoms in total. The third-order valence-corrected chi connectivity index (χ3v) is 3.62. The molecule has 0 aliphatic heterocycles. The average Bonchev–Trinajstić information content (AvgIpc) is 2.50. The van der Waals surface area contributed by atoms with Crippen LogP contribution < -0.4 is 16.0 Å². The molecule has 0 bridgehead atoms. The molecule has 0 heterocycles. The number of hydrazine groups is 1. The van der Waals surface area contributed by atoms with Crippen LogP contribution in [0.3, 0.4) is 0 Å². The number of nitrogens with one attached hydrogen (secondary N) is 1. The number of rotatable bonds is 5. The second-order valence-electron chi connectivity index (χ2n) is 5.28. The van der Waals surface area contributed by atoms with Gasteiger partial charge in [-0.1, -0.05) is 44.2 Å². The van der Waals surface area contributed by atoms with Crippen molar-refractivity contribution >= 4 is 0 Å². The van der Waals surface area contributed by atoms with Crippen molar-refractivity contribution in [2.45, 2.75) is 25.8 Å². The van der Waals surface area contributed by atoms with E-state index in [4.69, 9.17) is 10.6 Å². The summed E-state index contributed by atoms with van der Waals surface area (Å²) < 4.78 is 19.4. The van der Waals surface area contributed by atoms with E-state index in [1.54, 1.807) is 12.1 Å². The molecule has 21 heavy (non-hydrogen) atoms. The Balaban J connectivity index is 2.44. The second kappa shape index (κ2) is 6.70. The quantitative estimate of drug-likeness (QED) is 0.654. The Morgan fingerprint density at radius 3 is 2.19 bits per heavy atom. The van der Waals surface area contributed by atoms with Gasteiger partial charge in [-0.2, -0.15) is 0 Å². The minimum absolute atomic E-state index is 0.342.